The molecule has 0 saturated heterocycles. The molecule has 0 amide bonds. The normalized spacial score (nSPS) is 11.3. The molecule has 198 valence electrons. The number of carboxylic acids is 1. The molecule has 0 aliphatic rings. The first-order valence-electron chi connectivity index (χ1n) is 11.6. The molecule has 0 aromatic heterocycles. The highest BCUT2D eigenvalue weighted by Crippen LogP contribution is 2.31. The van der Waals surface area contributed by atoms with Gasteiger partial charge >= 0.3 is 12.1 Å². The topological polar surface area (TPSA) is 65.0 Å². The van der Waals surface area contributed by atoms with Gasteiger partial charge in [-0.3, -0.25) is 0 Å². The summed E-state index contributed by atoms with van der Waals surface area (Å²) in [6.07, 6.45) is -3.63. The SMILES string of the molecule is CC.CC.COCCC(COc1ccc(C(F)(F)F)cc1)CSc1ccc(OCC(=O)O)c(C)c1. The zero-order valence-corrected chi connectivity index (χ0v) is 22.1. The van der Waals surface area contributed by atoms with Gasteiger partial charge in [0, 0.05) is 30.3 Å². The van der Waals surface area contributed by atoms with Crippen LogP contribution < -0.4 is 9.47 Å². The number of alkyl halides is 3. The van der Waals surface area contributed by atoms with Gasteiger partial charge in [-0.25, -0.2) is 4.79 Å². The molecule has 2 rings (SSSR count). The Bertz CT molecular complexity index is 842. The monoisotopic (exact) mass is 518 g/mol. The maximum Gasteiger partial charge on any atom is 0.416 e. The molecule has 1 unspecified atom stereocenters. The van der Waals surface area contributed by atoms with Crippen molar-refractivity contribution in [2.24, 2.45) is 5.92 Å². The Labute approximate surface area is 211 Å². The molecule has 2 aromatic carbocycles. The van der Waals surface area contributed by atoms with Crippen LogP contribution in [-0.4, -0.2) is 43.8 Å². The van der Waals surface area contributed by atoms with Crippen molar-refractivity contribution in [3.05, 3.63) is 53.6 Å². The number of ether oxygens (including phenoxy) is 3. The highest BCUT2D eigenvalue weighted by molar-refractivity contribution is 7.99. The fourth-order valence-corrected chi connectivity index (χ4v) is 3.80. The number of aryl methyl sites for hydroxylation is 1. The minimum Gasteiger partial charge on any atom is -0.493 e. The van der Waals surface area contributed by atoms with Gasteiger partial charge in [0.2, 0.25) is 0 Å². The summed E-state index contributed by atoms with van der Waals surface area (Å²) in [5.74, 6) is 0.713. The van der Waals surface area contributed by atoms with Crippen LogP contribution in [0.5, 0.6) is 11.5 Å². The van der Waals surface area contributed by atoms with Crippen LogP contribution in [0.25, 0.3) is 0 Å². The van der Waals surface area contributed by atoms with Crippen molar-refractivity contribution >= 4 is 17.7 Å². The van der Waals surface area contributed by atoms with Gasteiger partial charge in [-0.2, -0.15) is 13.2 Å². The quantitative estimate of drug-likeness (QED) is 0.296. The molecule has 0 aliphatic carbocycles. The Morgan fingerprint density at radius 3 is 2.17 bits per heavy atom. The zero-order valence-electron chi connectivity index (χ0n) is 21.3. The van der Waals surface area contributed by atoms with Crippen molar-refractivity contribution in [3.63, 3.8) is 0 Å². The second-order valence-corrected chi connectivity index (χ2v) is 7.99. The minimum atomic E-state index is -4.37. The van der Waals surface area contributed by atoms with E-state index in [4.69, 9.17) is 19.3 Å². The third kappa shape index (κ3) is 13.3. The second kappa shape index (κ2) is 18.0. The average molecular weight is 519 g/mol. The minimum absolute atomic E-state index is 0.121. The molecule has 0 saturated carbocycles. The van der Waals surface area contributed by atoms with E-state index >= 15 is 0 Å². The summed E-state index contributed by atoms with van der Waals surface area (Å²) in [6, 6.07) is 10.2. The number of carbonyl (C=O) groups is 1. The van der Waals surface area contributed by atoms with Gasteiger partial charge in [-0.1, -0.05) is 27.7 Å². The summed E-state index contributed by atoms with van der Waals surface area (Å²) < 4.78 is 54.1. The van der Waals surface area contributed by atoms with Gasteiger partial charge in [0.15, 0.2) is 6.61 Å². The lowest BCUT2D eigenvalue weighted by Crippen LogP contribution is -2.17. The number of thioether (sulfide) groups is 1. The van der Waals surface area contributed by atoms with E-state index in [0.717, 1.165) is 34.8 Å². The van der Waals surface area contributed by atoms with Crippen molar-refractivity contribution in [2.75, 3.05) is 32.7 Å². The Morgan fingerprint density at radius 1 is 1.03 bits per heavy atom. The summed E-state index contributed by atoms with van der Waals surface area (Å²) in [6.45, 7) is 10.3. The molecule has 35 heavy (non-hydrogen) atoms. The van der Waals surface area contributed by atoms with Gasteiger partial charge < -0.3 is 19.3 Å². The highest BCUT2D eigenvalue weighted by Gasteiger charge is 2.30. The lowest BCUT2D eigenvalue weighted by molar-refractivity contribution is -0.139. The summed E-state index contributed by atoms with van der Waals surface area (Å²) in [4.78, 5) is 11.6. The molecule has 0 fully saturated rings. The molecule has 0 radical (unpaired) electrons. The van der Waals surface area contributed by atoms with Crippen LogP contribution in [0.1, 0.15) is 45.2 Å². The number of rotatable bonds is 12. The maximum absolute atomic E-state index is 12.7. The van der Waals surface area contributed by atoms with Crippen LogP contribution in [0.4, 0.5) is 13.2 Å². The largest absolute Gasteiger partial charge is 0.493 e. The molecule has 0 heterocycles. The number of methoxy groups -OCH3 is 1. The molecule has 5 nitrogen and oxygen atoms in total. The van der Waals surface area contributed by atoms with Crippen molar-refractivity contribution in [1.29, 1.82) is 0 Å². The van der Waals surface area contributed by atoms with Crippen LogP contribution in [0.2, 0.25) is 0 Å². The van der Waals surface area contributed by atoms with E-state index in [-0.39, 0.29) is 5.92 Å². The second-order valence-electron chi connectivity index (χ2n) is 6.90. The first-order valence-corrected chi connectivity index (χ1v) is 12.5. The van der Waals surface area contributed by atoms with Gasteiger partial charge in [0.25, 0.3) is 0 Å². The number of halogens is 3. The van der Waals surface area contributed by atoms with Crippen LogP contribution in [0.15, 0.2) is 47.4 Å². The lowest BCUT2D eigenvalue weighted by Gasteiger charge is -2.18. The lowest BCUT2D eigenvalue weighted by atomic mass is 10.1. The fourth-order valence-electron chi connectivity index (χ4n) is 2.68. The van der Waals surface area contributed by atoms with Crippen molar-refractivity contribution in [3.8, 4) is 11.5 Å². The van der Waals surface area contributed by atoms with Gasteiger partial charge in [0.1, 0.15) is 11.5 Å². The predicted molar refractivity (Wildman–Crippen MR) is 135 cm³/mol. The third-order valence-corrected chi connectivity index (χ3v) is 5.61. The Balaban J connectivity index is 0.00000274. The van der Waals surface area contributed by atoms with Crippen LogP contribution >= 0.6 is 11.8 Å². The van der Waals surface area contributed by atoms with E-state index in [9.17, 15) is 18.0 Å². The molecule has 0 bridgehead atoms. The van der Waals surface area contributed by atoms with Crippen molar-refractivity contribution < 1.29 is 37.3 Å². The molecule has 9 heteroatoms. The number of carboxylic acid groups (broad SMARTS) is 1. The fraction of sp³-hybridized carbons (Fsp3) is 0.500. The van der Waals surface area contributed by atoms with Gasteiger partial charge in [-0.05, 0) is 61.4 Å². The summed E-state index contributed by atoms with van der Waals surface area (Å²) in [5, 5.41) is 8.72. The Kier molecular flexibility index (Phi) is 16.7. The molecule has 1 N–H and O–H groups in total. The molecule has 0 spiro atoms. The maximum atomic E-state index is 12.7. The van der Waals surface area contributed by atoms with E-state index in [1.807, 2.05) is 46.8 Å². The zero-order chi connectivity index (χ0) is 26.9. The molecule has 1 atom stereocenters. The van der Waals surface area contributed by atoms with E-state index in [1.54, 1.807) is 24.9 Å². The third-order valence-electron chi connectivity index (χ3n) is 4.38. The summed E-state index contributed by atoms with van der Waals surface area (Å²) >= 11 is 1.61. The first-order chi connectivity index (χ1) is 16.7. The number of aliphatic carboxylic acids is 1. The average Bonchev–Trinajstić information content (AvgIpc) is 2.85. The Hall–Kier alpha value is -2.39. The number of benzene rings is 2. The molecular weight excluding hydrogens is 481 g/mol. The van der Waals surface area contributed by atoms with Crippen molar-refractivity contribution in [2.45, 2.75) is 52.1 Å². The molecule has 0 aliphatic heterocycles. The van der Waals surface area contributed by atoms with Crippen LogP contribution in [0.3, 0.4) is 0 Å². The molecule has 2 aromatic rings. The molecular formula is C26H37F3O5S. The first kappa shape index (κ1) is 32.6. The summed E-state index contributed by atoms with van der Waals surface area (Å²) in [5.41, 5.74) is 0.123. The highest BCUT2D eigenvalue weighted by atomic mass is 32.2. The van der Waals surface area contributed by atoms with Gasteiger partial charge in [0.05, 0.1) is 12.2 Å². The van der Waals surface area contributed by atoms with E-state index in [1.165, 1.54) is 12.1 Å². The predicted octanol–water partition coefficient (Wildman–Crippen LogP) is 7.35. The summed E-state index contributed by atoms with van der Waals surface area (Å²) in [7, 11) is 1.61. The van der Waals surface area contributed by atoms with Crippen LogP contribution in [0, 0.1) is 12.8 Å². The van der Waals surface area contributed by atoms with E-state index in [0.29, 0.717) is 24.7 Å². The number of hydrogen-bond donors (Lipinski definition) is 1. The number of hydrogen-bond acceptors (Lipinski definition) is 5. The van der Waals surface area contributed by atoms with E-state index < -0.39 is 24.3 Å². The van der Waals surface area contributed by atoms with Gasteiger partial charge in [-0.15, -0.1) is 11.8 Å². The standard InChI is InChI=1S/C22H25F3O5S.2C2H6/c1-15-11-19(7-8-20(15)30-13-21(26)27)31-14-16(9-10-28-2)12-29-18-5-3-17(4-6-18)22(23,24)25;2*1-2/h3-8,11,16H,9-10,12-14H2,1-2H3,(H,26,27);2*1-2H3. The van der Waals surface area contributed by atoms with Crippen molar-refractivity contribution in [1.82, 2.24) is 0 Å². The van der Waals surface area contributed by atoms with Crippen LogP contribution in [-0.2, 0) is 15.7 Å². The van der Waals surface area contributed by atoms with E-state index in [2.05, 4.69) is 0 Å². The smallest absolute Gasteiger partial charge is 0.416 e. The Morgan fingerprint density at radius 2 is 1.66 bits per heavy atom.